The Balaban J connectivity index is 2.45. The fourth-order valence-electron chi connectivity index (χ4n) is 2.34. The largest absolute Gasteiger partial charge is 0.481 e. The van der Waals surface area contributed by atoms with E-state index in [9.17, 15) is 9.59 Å². The van der Waals surface area contributed by atoms with Gasteiger partial charge in [0.1, 0.15) is 0 Å². The summed E-state index contributed by atoms with van der Waals surface area (Å²) in [5, 5.41) is 11.9. The van der Waals surface area contributed by atoms with Crippen LogP contribution in [0, 0.1) is 11.8 Å². The molecule has 0 aromatic heterocycles. The van der Waals surface area contributed by atoms with E-state index in [-0.39, 0.29) is 18.7 Å². The van der Waals surface area contributed by atoms with Crippen molar-refractivity contribution in [2.24, 2.45) is 11.8 Å². The molecule has 2 amide bonds. The highest BCUT2D eigenvalue weighted by Crippen LogP contribution is 2.12. The first-order valence-electron chi connectivity index (χ1n) is 7.27. The van der Waals surface area contributed by atoms with Gasteiger partial charge in [0.15, 0.2) is 0 Å². The molecule has 0 aromatic rings. The number of aliphatic carboxylic acids is 1. The molecule has 0 spiro atoms. The van der Waals surface area contributed by atoms with Gasteiger partial charge in [0.25, 0.3) is 0 Å². The van der Waals surface area contributed by atoms with Crippen molar-refractivity contribution in [3.63, 3.8) is 0 Å². The lowest BCUT2D eigenvalue weighted by atomic mass is 9.97. The fraction of sp³-hybridized carbons (Fsp3) is 0.857. The molecular formula is C14H26N2O4. The Hall–Kier alpha value is -1.30. The third-order valence-corrected chi connectivity index (χ3v) is 3.34. The number of nitrogens with one attached hydrogen (secondary N) is 1. The average molecular weight is 286 g/mol. The Bertz CT molecular complexity index is 333. The standard InChI is InChI=1S/C14H26N2O4/c1-10(2)7-12(13(17)18)8-15-14(19)16-5-4-6-20-11(3)9-16/h10-12H,4-9H2,1-3H3,(H,15,19)(H,17,18). The second kappa shape index (κ2) is 8.09. The zero-order valence-corrected chi connectivity index (χ0v) is 12.6. The van der Waals surface area contributed by atoms with Crippen LogP contribution in [-0.2, 0) is 9.53 Å². The van der Waals surface area contributed by atoms with Gasteiger partial charge in [-0.1, -0.05) is 13.8 Å². The first-order chi connectivity index (χ1) is 9.40. The van der Waals surface area contributed by atoms with E-state index in [0.717, 1.165) is 6.42 Å². The number of nitrogens with zero attached hydrogens (tertiary/aromatic N) is 1. The number of carboxylic acid groups (broad SMARTS) is 1. The summed E-state index contributed by atoms with van der Waals surface area (Å²) in [5.74, 6) is -1.09. The number of carbonyl (C=O) groups is 2. The van der Waals surface area contributed by atoms with Crippen LogP contribution in [-0.4, -0.2) is 54.4 Å². The number of amides is 2. The van der Waals surface area contributed by atoms with Crippen LogP contribution in [0.2, 0.25) is 0 Å². The summed E-state index contributed by atoms with van der Waals surface area (Å²) in [4.78, 5) is 24.9. The predicted octanol–water partition coefficient (Wildman–Crippen LogP) is 1.55. The topological polar surface area (TPSA) is 78.9 Å². The summed E-state index contributed by atoms with van der Waals surface area (Å²) in [6.07, 6.45) is 1.40. The zero-order valence-electron chi connectivity index (χ0n) is 12.6. The van der Waals surface area contributed by atoms with Crippen LogP contribution in [0.25, 0.3) is 0 Å². The minimum absolute atomic E-state index is 0.0224. The summed E-state index contributed by atoms with van der Waals surface area (Å²) in [6.45, 7) is 7.93. The smallest absolute Gasteiger partial charge is 0.317 e. The molecule has 20 heavy (non-hydrogen) atoms. The van der Waals surface area contributed by atoms with Gasteiger partial charge in [0.05, 0.1) is 12.0 Å². The lowest BCUT2D eigenvalue weighted by Crippen LogP contribution is -2.45. The second-order valence-corrected chi connectivity index (χ2v) is 5.83. The van der Waals surface area contributed by atoms with E-state index >= 15 is 0 Å². The van der Waals surface area contributed by atoms with E-state index in [1.54, 1.807) is 4.90 Å². The molecule has 0 aromatic carbocycles. The molecule has 0 aliphatic carbocycles. The van der Waals surface area contributed by atoms with Gasteiger partial charge in [-0.15, -0.1) is 0 Å². The normalized spacial score (nSPS) is 21.4. The zero-order chi connectivity index (χ0) is 15.1. The third kappa shape index (κ3) is 5.77. The van der Waals surface area contributed by atoms with E-state index < -0.39 is 11.9 Å². The Kier molecular flexibility index (Phi) is 6.78. The first-order valence-corrected chi connectivity index (χ1v) is 7.27. The Morgan fingerprint density at radius 2 is 2.15 bits per heavy atom. The molecule has 1 saturated heterocycles. The molecule has 1 rings (SSSR count). The van der Waals surface area contributed by atoms with Crippen molar-refractivity contribution in [3.05, 3.63) is 0 Å². The second-order valence-electron chi connectivity index (χ2n) is 5.83. The molecule has 0 saturated carbocycles. The molecule has 2 N–H and O–H groups in total. The fourth-order valence-corrected chi connectivity index (χ4v) is 2.34. The molecule has 1 aliphatic rings. The van der Waals surface area contributed by atoms with E-state index in [1.165, 1.54) is 0 Å². The third-order valence-electron chi connectivity index (χ3n) is 3.34. The Morgan fingerprint density at radius 1 is 1.45 bits per heavy atom. The van der Waals surface area contributed by atoms with Gasteiger partial charge in [-0.3, -0.25) is 4.79 Å². The Morgan fingerprint density at radius 3 is 2.75 bits per heavy atom. The predicted molar refractivity (Wildman–Crippen MR) is 75.6 cm³/mol. The van der Waals surface area contributed by atoms with Crippen molar-refractivity contribution in [1.29, 1.82) is 0 Å². The monoisotopic (exact) mass is 286 g/mol. The lowest BCUT2D eigenvalue weighted by molar-refractivity contribution is -0.142. The summed E-state index contributed by atoms with van der Waals surface area (Å²) in [6, 6.07) is -0.197. The maximum absolute atomic E-state index is 12.1. The molecule has 0 radical (unpaired) electrons. The van der Waals surface area contributed by atoms with Crippen LogP contribution in [0.1, 0.15) is 33.6 Å². The molecule has 1 aliphatic heterocycles. The molecule has 2 unspecified atom stereocenters. The van der Waals surface area contributed by atoms with E-state index in [2.05, 4.69) is 5.32 Å². The maximum Gasteiger partial charge on any atom is 0.317 e. The van der Waals surface area contributed by atoms with Crippen LogP contribution < -0.4 is 5.32 Å². The van der Waals surface area contributed by atoms with Crippen molar-refractivity contribution in [2.45, 2.75) is 39.7 Å². The first kappa shape index (κ1) is 16.8. The van der Waals surface area contributed by atoms with Crippen LogP contribution in [0.5, 0.6) is 0 Å². The van der Waals surface area contributed by atoms with E-state index in [1.807, 2.05) is 20.8 Å². The van der Waals surface area contributed by atoms with Crippen molar-refractivity contribution in [1.82, 2.24) is 10.2 Å². The number of hydrogen-bond donors (Lipinski definition) is 2. The van der Waals surface area contributed by atoms with Gasteiger partial charge in [0, 0.05) is 26.2 Å². The quantitative estimate of drug-likeness (QED) is 0.804. The summed E-state index contributed by atoms with van der Waals surface area (Å²) in [7, 11) is 0. The van der Waals surface area contributed by atoms with E-state index in [4.69, 9.17) is 9.84 Å². The molecule has 116 valence electrons. The molecule has 6 nitrogen and oxygen atoms in total. The lowest BCUT2D eigenvalue weighted by Gasteiger charge is -2.24. The minimum Gasteiger partial charge on any atom is -0.481 e. The maximum atomic E-state index is 12.1. The SMILES string of the molecule is CC(C)CC(CNC(=O)N1CCCOC(C)C1)C(=O)O. The van der Waals surface area contributed by atoms with Crippen molar-refractivity contribution < 1.29 is 19.4 Å². The number of carboxylic acids is 1. The van der Waals surface area contributed by atoms with Crippen LogP contribution in [0.4, 0.5) is 4.79 Å². The number of hydrogen-bond acceptors (Lipinski definition) is 3. The Labute approximate surface area is 120 Å². The van der Waals surface area contributed by atoms with Gasteiger partial charge in [-0.25, -0.2) is 4.79 Å². The average Bonchev–Trinajstić information content (AvgIpc) is 2.58. The molecule has 2 atom stereocenters. The molecule has 6 heteroatoms. The summed E-state index contributed by atoms with van der Waals surface area (Å²) in [5.41, 5.74) is 0. The number of urea groups is 1. The number of ether oxygens (including phenoxy) is 1. The van der Waals surface area contributed by atoms with Gasteiger partial charge < -0.3 is 20.1 Å². The van der Waals surface area contributed by atoms with Crippen LogP contribution in [0.15, 0.2) is 0 Å². The molecule has 0 bridgehead atoms. The van der Waals surface area contributed by atoms with Gasteiger partial charge in [0.2, 0.25) is 0 Å². The molecule has 1 heterocycles. The van der Waals surface area contributed by atoms with E-state index in [0.29, 0.717) is 32.0 Å². The highest BCUT2D eigenvalue weighted by Gasteiger charge is 2.23. The van der Waals surface area contributed by atoms with Crippen molar-refractivity contribution in [2.75, 3.05) is 26.2 Å². The number of carbonyl (C=O) groups excluding carboxylic acids is 1. The van der Waals surface area contributed by atoms with Gasteiger partial charge in [-0.2, -0.15) is 0 Å². The van der Waals surface area contributed by atoms with Crippen molar-refractivity contribution >= 4 is 12.0 Å². The van der Waals surface area contributed by atoms with Gasteiger partial charge in [-0.05, 0) is 25.7 Å². The van der Waals surface area contributed by atoms with Crippen LogP contribution in [0.3, 0.4) is 0 Å². The highest BCUT2D eigenvalue weighted by molar-refractivity contribution is 5.76. The molecule has 1 fully saturated rings. The summed E-state index contributed by atoms with van der Waals surface area (Å²) < 4.78 is 5.48. The van der Waals surface area contributed by atoms with Gasteiger partial charge >= 0.3 is 12.0 Å². The minimum atomic E-state index is -0.855. The van der Waals surface area contributed by atoms with Crippen molar-refractivity contribution in [3.8, 4) is 0 Å². The highest BCUT2D eigenvalue weighted by atomic mass is 16.5. The summed E-state index contributed by atoms with van der Waals surface area (Å²) >= 11 is 0. The van der Waals surface area contributed by atoms with Crippen LogP contribution >= 0.6 is 0 Å². The molecular weight excluding hydrogens is 260 g/mol. The number of rotatable bonds is 5.